The van der Waals surface area contributed by atoms with Crippen molar-refractivity contribution in [1.29, 1.82) is 0 Å². The molecular weight excluding hydrogens is 501 g/mol. The van der Waals surface area contributed by atoms with Crippen molar-refractivity contribution in [2.24, 2.45) is 0 Å². The van der Waals surface area contributed by atoms with Gasteiger partial charge in [0.15, 0.2) is 17.3 Å². The number of halogens is 2. The van der Waals surface area contributed by atoms with Gasteiger partial charge >= 0.3 is 0 Å². The van der Waals surface area contributed by atoms with E-state index in [2.05, 4.69) is 22.6 Å². The maximum atomic E-state index is 12.4. The van der Waals surface area contributed by atoms with Crippen LogP contribution in [0.1, 0.15) is 21.5 Å². The van der Waals surface area contributed by atoms with E-state index < -0.39 is 0 Å². The van der Waals surface area contributed by atoms with E-state index in [1.807, 2.05) is 36.4 Å². The highest BCUT2D eigenvalue weighted by Crippen LogP contribution is 2.35. The second-order valence-electron chi connectivity index (χ2n) is 6.28. The average molecular weight is 520 g/mol. The van der Waals surface area contributed by atoms with Crippen molar-refractivity contribution in [2.45, 2.75) is 6.61 Å². The average Bonchev–Trinajstić information content (AvgIpc) is 2.70. The molecule has 0 unspecified atom stereocenters. The van der Waals surface area contributed by atoms with Gasteiger partial charge in [0, 0.05) is 16.3 Å². The van der Waals surface area contributed by atoms with E-state index in [1.54, 1.807) is 37.5 Å². The Hall–Kier alpha value is -2.51. The smallest absolute Gasteiger partial charge is 0.185 e. The number of carbonyl (C=O) groups is 1. The number of nitrogens with two attached hydrogens (primary N) is 1. The molecule has 0 bridgehead atoms. The third-order valence-corrected chi connectivity index (χ3v) is 5.16. The van der Waals surface area contributed by atoms with Crippen molar-refractivity contribution in [3.05, 3.63) is 92.0 Å². The van der Waals surface area contributed by atoms with Gasteiger partial charge in [0.2, 0.25) is 0 Å². The maximum absolute atomic E-state index is 12.4. The van der Waals surface area contributed by atoms with Crippen LogP contribution < -0.4 is 15.2 Å². The summed E-state index contributed by atoms with van der Waals surface area (Å²) >= 11 is 8.22. The molecule has 3 rings (SSSR count). The first kappa shape index (κ1) is 21.2. The van der Waals surface area contributed by atoms with Gasteiger partial charge in [0.05, 0.1) is 10.7 Å². The highest BCUT2D eigenvalue weighted by molar-refractivity contribution is 14.1. The number of hydrogen-bond acceptors (Lipinski definition) is 4. The lowest BCUT2D eigenvalue weighted by atomic mass is 10.1. The van der Waals surface area contributed by atoms with Crippen molar-refractivity contribution in [3.63, 3.8) is 0 Å². The monoisotopic (exact) mass is 519 g/mol. The number of allylic oxidation sites excluding steroid dienone is 1. The molecule has 0 saturated heterocycles. The first-order valence-electron chi connectivity index (χ1n) is 8.79. The van der Waals surface area contributed by atoms with Crippen LogP contribution in [0.25, 0.3) is 6.08 Å². The molecule has 0 heterocycles. The number of anilines is 1. The van der Waals surface area contributed by atoms with Crippen LogP contribution in [0, 0.1) is 3.57 Å². The summed E-state index contributed by atoms with van der Waals surface area (Å²) in [6, 6.07) is 18.2. The molecule has 3 aromatic rings. The zero-order valence-electron chi connectivity index (χ0n) is 15.7. The molecule has 2 N–H and O–H groups in total. The highest BCUT2D eigenvalue weighted by atomic mass is 127. The van der Waals surface area contributed by atoms with Crippen molar-refractivity contribution in [2.75, 3.05) is 12.8 Å². The minimum atomic E-state index is -0.118. The van der Waals surface area contributed by atoms with Crippen LogP contribution in [-0.2, 0) is 6.61 Å². The van der Waals surface area contributed by atoms with Crippen LogP contribution in [0.5, 0.6) is 11.5 Å². The van der Waals surface area contributed by atoms with Crippen LogP contribution in [0.15, 0.2) is 66.7 Å². The topological polar surface area (TPSA) is 61.5 Å². The molecule has 0 radical (unpaired) electrons. The standard InChI is InChI=1S/C23H19ClINO3/c1-28-22-12-15(8-9-21(27)17-5-3-7-19(26)13-17)11-20(25)23(22)29-14-16-4-2-6-18(24)10-16/h2-13H,14,26H2,1H3. The van der Waals surface area contributed by atoms with E-state index in [9.17, 15) is 4.79 Å². The van der Waals surface area contributed by atoms with E-state index in [0.717, 1.165) is 14.7 Å². The fourth-order valence-electron chi connectivity index (χ4n) is 2.72. The fourth-order valence-corrected chi connectivity index (χ4v) is 3.71. The summed E-state index contributed by atoms with van der Waals surface area (Å²) in [5.74, 6) is 1.12. The van der Waals surface area contributed by atoms with Crippen LogP contribution in [0.2, 0.25) is 5.02 Å². The molecule has 148 valence electrons. The molecule has 6 heteroatoms. The Labute approximate surface area is 188 Å². The van der Waals surface area contributed by atoms with E-state index in [-0.39, 0.29) is 5.78 Å². The molecule has 29 heavy (non-hydrogen) atoms. The molecule has 4 nitrogen and oxygen atoms in total. The van der Waals surface area contributed by atoms with Gasteiger partial charge in [-0.2, -0.15) is 0 Å². The molecule has 0 fully saturated rings. The van der Waals surface area contributed by atoms with E-state index >= 15 is 0 Å². The molecule has 0 aromatic heterocycles. The molecule has 0 saturated carbocycles. The van der Waals surface area contributed by atoms with Crippen molar-refractivity contribution < 1.29 is 14.3 Å². The van der Waals surface area contributed by atoms with Crippen LogP contribution >= 0.6 is 34.2 Å². The summed E-state index contributed by atoms with van der Waals surface area (Å²) in [6.07, 6.45) is 3.27. The molecule has 0 aliphatic rings. The molecule has 3 aromatic carbocycles. The Balaban J connectivity index is 1.78. The maximum Gasteiger partial charge on any atom is 0.185 e. The Morgan fingerprint density at radius 1 is 1.14 bits per heavy atom. The summed E-state index contributed by atoms with van der Waals surface area (Å²) < 4.78 is 12.3. The first-order chi connectivity index (χ1) is 14.0. The lowest BCUT2D eigenvalue weighted by molar-refractivity contribution is 0.104. The second-order valence-corrected chi connectivity index (χ2v) is 7.87. The summed E-state index contributed by atoms with van der Waals surface area (Å²) in [5.41, 5.74) is 8.64. The summed E-state index contributed by atoms with van der Waals surface area (Å²) in [6.45, 7) is 0.371. The minimum Gasteiger partial charge on any atom is -0.493 e. The fraction of sp³-hybridized carbons (Fsp3) is 0.0870. The predicted molar refractivity (Wildman–Crippen MR) is 126 cm³/mol. The Morgan fingerprint density at radius 3 is 2.66 bits per heavy atom. The van der Waals surface area contributed by atoms with E-state index in [1.165, 1.54) is 6.08 Å². The second kappa shape index (κ2) is 9.80. The quantitative estimate of drug-likeness (QED) is 0.180. The molecule has 0 aliphatic heterocycles. The number of nitrogen functional groups attached to an aromatic ring is 1. The van der Waals surface area contributed by atoms with Gasteiger partial charge in [-0.05, 0) is 76.2 Å². The van der Waals surface area contributed by atoms with Gasteiger partial charge in [-0.15, -0.1) is 0 Å². The third-order valence-electron chi connectivity index (χ3n) is 4.12. The number of methoxy groups -OCH3 is 1. The zero-order valence-corrected chi connectivity index (χ0v) is 18.6. The lowest BCUT2D eigenvalue weighted by Crippen LogP contribution is -2.00. The summed E-state index contributed by atoms with van der Waals surface area (Å²) in [4.78, 5) is 12.4. The van der Waals surface area contributed by atoms with Gasteiger partial charge in [-0.25, -0.2) is 0 Å². The molecule has 0 atom stereocenters. The predicted octanol–water partition coefficient (Wildman–Crippen LogP) is 6.01. The van der Waals surface area contributed by atoms with Crippen LogP contribution in [-0.4, -0.2) is 12.9 Å². The molecule has 0 spiro atoms. The number of hydrogen-bond donors (Lipinski definition) is 1. The zero-order chi connectivity index (χ0) is 20.8. The van der Waals surface area contributed by atoms with Crippen LogP contribution in [0.4, 0.5) is 5.69 Å². The van der Waals surface area contributed by atoms with Crippen molar-refractivity contribution in [1.82, 2.24) is 0 Å². The SMILES string of the molecule is COc1cc(C=CC(=O)c2cccc(N)c2)cc(I)c1OCc1cccc(Cl)c1. The Morgan fingerprint density at radius 2 is 1.93 bits per heavy atom. The van der Waals surface area contributed by atoms with E-state index in [0.29, 0.717) is 34.4 Å². The molecule has 0 aliphatic carbocycles. The number of rotatable bonds is 7. The molecular formula is C23H19ClINO3. The Bertz CT molecular complexity index is 1070. The molecule has 0 amide bonds. The number of ether oxygens (including phenoxy) is 2. The third kappa shape index (κ3) is 5.74. The Kier molecular flexibility index (Phi) is 7.17. The number of carbonyl (C=O) groups excluding carboxylic acids is 1. The van der Waals surface area contributed by atoms with Gasteiger partial charge in [0.25, 0.3) is 0 Å². The summed E-state index contributed by atoms with van der Waals surface area (Å²) in [5, 5.41) is 0.665. The van der Waals surface area contributed by atoms with Crippen molar-refractivity contribution >= 4 is 51.7 Å². The lowest BCUT2D eigenvalue weighted by Gasteiger charge is -2.14. The van der Waals surface area contributed by atoms with Gasteiger partial charge < -0.3 is 15.2 Å². The van der Waals surface area contributed by atoms with Crippen LogP contribution in [0.3, 0.4) is 0 Å². The van der Waals surface area contributed by atoms with Gasteiger partial charge in [-0.1, -0.05) is 41.9 Å². The van der Waals surface area contributed by atoms with Crippen molar-refractivity contribution in [3.8, 4) is 11.5 Å². The summed E-state index contributed by atoms with van der Waals surface area (Å²) in [7, 11) is 1.59. The van der Waals surface area contributed by atoms with Gasteiger partial charge in [-0.3, -0.25) is 4.79 Å². The normalized spacial score (nSPS) is 10.9. The first-order valence-corrected chi connectivity index (χ1v) is 10.2. The minimum absolute atomic E-state index is 0.118. The number of ketones is 1. The van der Waals surface area contributed by atoms with E-state index in [4.69, 9.17) is 26.8 Å². The number of benzene rings is 3. The largest absolute Gasteiger partial charge is 0.493 e. The highest BCUT2D eigenvalue weighted by Gasteiger charge is 2.12. The van der Waals surface area contributed by atoms with Gasteiger partial charge in [0.1, 0.15) is 6.61 Å².